The molecule has 0 aliphatic rings. The Morgan fingerprint density at radius 2 is 2.36 bits per heavy atom. The van der Waals surface area contributed by atoms with E-state index < -0.39 is 11.2 Å². The zero-order chi connectivity index (χ0) is 10.6. The van der Waals surface area contributed by atoms with Gasteiger partial charge >= 0.3 is 5.97 Å². The van der Waals surface area contributed by atoms with Crippen LogP contribution in [0.4, 0.5) is 5.69 Å². The van der Waals surface area contributed by atoms with Gasteiger partial charge in [0.15, 0.2) is 0 Å². The minimum Gasteiger partial charge on any atom is -0.480 e. The van der Waals surface area contributed by atoms with Gasteiger partial charge in [-0.3, -0.25) is 4.79 Å². The van der Waals surface area contributed by atoms with Crippen LogP contribution in [-0.2, 0) is 4.79 Å². The Morgan fingerprint density at radius 1 is 1.64 bits per heavy atom. The molecule has 0 bridgehead atoms. The standard InChI is InChI=1S/C10H13NO2S/c1-2-9(10(12)13)14-8-5-3-4-7(11)6-8/h3-6,9H,2,11H2,1H3,(H,12,13). The smallest absolute Gasteiger partial charge is 0.316 e. The zero-order valence-corrected chi connectivity index (χ0v) is 8.75. The first-order valence-corrected chi connectivity index (χ1v) is 5.26. The second-order valence-corrected chi connectivity index (χ2v) is 4.20. The predicted octanol–water partition coefficient (Wildman–Crippen LogP) is 2.22. The molecule has 1 rings (SSSR count). The fourth-order valence-electron chi connectivity index (χ4n) is 1.06. The molecule has 1 aromatic carbocycles. The number of carboxylic acid groups (broad SMARTS) is 1. The molecule has 0 amide bonds. The van der Waals surface area contributed by atoms with E-state index in [0.717, 1.165) is 4.90 Å². The lowest BCUT2D eigenvalue weighted by molar-refractivity contribution is -0.136. The fourth-order valence-corrected chi connectivity index (χ4v) is 2.02. The van der Waals surface area contributed by atoms with E-state index >= 15 is 0 Å². The lowest BCUT2D eigenvalue weighted by atomic mass is 10.3. The second kappa shape index (κ2) is 4.91. The SMILES string of the molecule is CCC(Sc1cccc(N)c1)C(=O)O. The minimum atomic E-state index is -0.778. The first kappa shape index (κ1) is 10.9. The maximum Gasteiger partial charge on any atom is 0.316 e. The van der Waals surface area contributed by atoms with Crippen LogP contribution in [0.3, 0.4) is 0 Å². The molecule has 0 saturated carbocycles. The van der Waals surface area contributed by atoms with Gasteiger partial charge in [0.2, 0.25) is 0 Å². The highest BCUT2D eigenvalue weighted by atomic mass is 32.2. The molecule has 14 heavy (non-hydrogen) atoms. The largest absolute Gasteiger partial charge is 0.480 e. The summed E-state index contributed by atoms with van der Waals surface area (Å²) in [5.41, 5.74) is 6.25. The summed E-state index contributed by atoms with van der Waals surface area (Å²) in [7, 11) is 0. The summed E-state index contributed by atoms with van der Waals surface area (Å²) >= 11 is 1.33. The van der Waals surface area contributed by atoms with Crippen molar-refractivity contribution in [2.45, 2.75) is 23.5 Å². The molecule has 0 saturated heterocycles. The molecule has 0 aliphatic carbocycles. The molecule has 0 spiro atoms. The molecular formula is C10H13NO2S. The summed E-state index contributed by atoms with van der Waals surface area (Å²) in [5, 5.41) is 8.46. The second-order valence-electron chi connectivity index (χ2n) is 2.93. The van der Waals surface area contributed by atoms with Crippen molar-refractivity contribution in [3.05, 3.63) is 24.3 Å². The van der Waals surface area contributed by atoms with E-state index in [-0.39, 0.29) is 0 Å². The Labute approximate surface area is 87.3 Å². The number of hydrogen-bond donors (Lipinski definition) is 2. The quantitative estimate of drug-likeness (QED) is 0.592. The van der Waals surface area contributed by atoms with Crippen LogP contribution in [0.15, 0.2) is 29.2 Å². The molecule has 0 radical (unpaired) electrons. The molecule has 3 N–H and O–H groups in total. The van der Waals surface area contributed by atoms with Crippen LogP contribution in [0.2, 0.25) is 0 Å². The molecule has 0 fully saturated rings. The van der Waals surface area contributed by atoms with Crippen molar-refractivity contribution in [3.8, 4) is 0 Å². The van der Waals surface area contributed by atoms with E-state index in [1.54, 1.807) is 12.1 Å². The minimum absolute atomic E-state index is 0.392. The van der Waals surface area contributed by atoms with Crippen molar-refractivity contribution in [1.29, 1.82) is 0 Å². The number of rotatable bonds is 4. The number of benzene rings is 1. The van der Waals surface area contributed by atoms with Gasteiger partial charge in [0, 0.05) is 10.6 Å². The van der Waals surface area contributed by atoms with Crippen molar-refractivity contribution in [3.63, 3.8) is 0 Å². The van der Waals surface area contributed by atoms with Gasteiger partial charge in [-0.2, -0.15) is 0 Å². The van der Waals surface area contributed by atoms with E-state index in [2.05, 4.69) is 0 Å². The topological polar surface area (TPSA) is 63.3 Å². The predicted molar refractivity (Wildman–Crippen MR) is 58.4 cm³/mol. The number of aliphatic carboxylic acids is 1. The fraction of sp³-hybridized carbons (Fsp3) is 0.300. The lowest BCUT2D eigenvalue weighted by Crippen LogP contribution is -2.14. The first-order chi connectivity index (χ1) is 6.63. The van der Waals surface area contributed by atoms with Gasteiger partial charge in [-0.15, -0.1) is 11.8 Å². The third-order valence-electron chi connectivity index (χ3n) is 1.78. The van der Waals surface area contributed by atoms with Crippen molar-refractivity contribution in [2.75, 3.05) is 5.73 Å². The molecule has 0 aromatic heterocycles. The summed E-state index contributed by atoms with van der Waals surface area (Å²) in [6, 6.07) is 7.26. The Hall–Kier alpha value is -1.16. The zero-order valence-electron chi connectivity index (χ0n) is 7.93. The van der Waals surface area contributed by atoms with Gasteiger partial charge in [0.25, 0.3) is 0 Å². The molecule has 3 nitrogen and oxygen atoms in total. The average molecular weight is 211 g/mol. The Bertz CT molecular complexity index is 328. The number of nitrogen functional groups attached to an aromatic ring is 1. The molecule has 1 atom stereocenters. The van der Waals surface area contributed by atoms with Gasteiger partial charge in [0.1, 0.15) is 5.25 Å². The molecular weight excluding hydrogens is 198 g/mol. The van der Waals surface area contributed by atoms with Crippen molar-refractivity contribution < 1.29 is 9.90 Å². The van der Waals surface area contributed by atoms with Gasteiger partial charge in [-0.25, -0.2) is 0 Å². The molecule has 0 aliphatic heterocycles. The Balaban J connectivity index is 2.72. The molecule has 0 heterocycles. The van der Waals surface area contributed by atoms with Gasteiger partial charge in [-0.05, 0) is 24.6 Å². The molecule has 1 unspecified atom stereocenters. The summed E-state index contributed by atoms with van der Waals surface area (Å²) in [6.45, 7) is 1.86. The van der Waals surface area contributed by atoms with Gasteiger partial charge in [-0.1, -0.05) is 13.0 Å². The number of thioether (sulfide) groups is 1. The summed E-state index contributed by atoms with van der Waals surface area (Å²) in [4.78, 5) is 11.7. The Morgan fingerprint density at radius 3 is 2.86 bits per heavy atom. The van der Waals surface area contributed by atoms with E-state index in [4.69, 9.17) is 10.8 Å². The molecule has 76 valence electrons. The lowest BCUT2D eigenvalue weighted by Gasteiger charge is -2.09. The third kappa shape index (κ3) is 2.96. The van der Waals surface area contributed by atoms with Crippen LogP contribution < -0.4 is 5.73 Å². The number of hydrogen-bond acceptors (Lipinski definition) is 3. The highest BCUT2D eigenvalue weighted by molar-refractivity contribution is 8.00. The number of anilines is 1. The van der Waals surface area contributed by atoms with Crippen LogP contribution in [0.5, 0.6) is 0 Å². The number of carbonyl (C=O) groups is 1. The van der Waals surface area contributed by atoms with Crippen molar-refractivity contribution >= 4 is 23.4 Å². The van der Waals surface area contributed by atoms with Crippen LogP contribution in [-0.4, -0.2) is 16.3 Å². The summed E-state index contributed by atoms with van der Waals surface area (Å²) in [5.74, 6) is -0.778. The van der Waals surface area contributed by atoms with Crippen LogP contribution in [0, 0.1) is 0 Å². The van der Waals surface area contributed by atoms with E-state index in [9.17, 15) is 4.79 Å². The normalized spacial score (nSPS) is 12.4. The maximum absolute atomic E-state index is 10.8. The first-order valence-electron chi connectivity index (χ1n) is 4.38. The molecule has 1 aromatic rings. The van der Waals surface area contributed by atoms with Crippen LogP contribution >= 0.6 is 11.8 Å². The van der Waals surface area contributed by atoms with Gasteiger partial charge in [0.05, 0.1) is 0 Å². The van der Waals surface area contributed by atoms with Crippen LogP contribution in [0.1, 0.15) is 13.3 Å². The van der Waals surface area contributed by atoms with Crippen LogP contribution in [0.25, 0.3) is 0 Å². The highest BCUT2D eigenvalue weighted by Gasteiger charge is 2.15. The summed E-state index contributed by atoms with van der Waals surface area (Å²) in [6.07, 6.45) is 0.606. The monoisotopic (exact) mass is 211 g/mol. The third-order valence-corrected chi connectivity index (χ3v) is 3.13. The maximum atomic E-state index is 10.8. The Kier molecular flexibility index (Phi) is 3.83. The van der Waals surface area contributed by atoms with Crippen molar-refractivity contribution in [2.24, 2.45) is 0 Å². The van der Waals surface area contributed by atoms with Gasteiger partial charge < -0.3 is 10.8 Å². The summed E-state index contributed by atoms with van der Waals surface area (Å²) < 4.78 is 0. The highest BCUT2D eigenvalue weighted by Crippen LogP contribution is 2.26. The average Bonchev–Trinajstić information content (AvgIpc) is 2.14. The molecule has 4 heteroatoms. The van der Waals surface area contributed by atoms with Crippen molar-refractivity contribution in [1.82, 2.24) is 0 Å². The van der Waals surface area contributed by atoms with E-state index in [1.807, 2.05) is 19.1 Å². The van der Waals surface area contributed by atoms with E-state index in [0.29, 0.717) is 12.1 Å². The van der Waals surface area contributed by atoms with E-state index in [1.165, 1.54) is 11.8 Å². The number of carboxylic acids is 1. The number of nitrogens with two attached hydrogens (primary N) is 1.